The Labute approximate surface area is 129 Å². The summed E-state index contributed by atoms with van der Waals surface area (Å²) in [6.07, 6.45) is 0.853. The molecule has 112 valence electrons. The molecule has 1 fully saturated rings. The van der Waals surface area contributed by atoms with Crippen molar-refractivity contribution in [3.05, 3.63) is 28.8 Å². The highest BCUT2D eigenvalue weighted by Crippen LogP contribution is 2.30. The van der Waals surface area contributed by atoms with Crippen LogP contribution in [0.25, 0.3) is 0 Å². The summed E-state index contributed by atoms with van der Waals surface area (Å²) in [5, 5.41) is 0.450. The largest absolute Gasteiger partial charge is 0.376 e. The highest BCUT2D eigenvalue weighted by atomic mass is 35.5. The minimum atomic E-state index is -3.56. The van der Waals surface area contributed by atoms with E-state index < -0.39 is 15.6 Å². The van der Waals surface area contributed by atoms with Gasteiger partial charge in [0.2, 0.25) is 10.0 Å². The maximum Gasteiger partial charge on any atom is 0.240 e. The zero-order valence-corrected chi connectivity index (χ0v) is 13.9. The maximum atomic E-state index is 12.3. The molecule has 20 heavy (non-hydrogen) atoms. The van der Waals surface area contributed by atoms with Gasteiger partial charge >= 0.3 is 0 Å². The van der Waals surface area contributed by atoms with Gasteiger partial charge in [-0.3, -0.25) is 0 Å². The number of hydrogen-bond donors (Lipinski definition) is 1. The molecule has 7 heteroatoms. The monoisotopic (exact) mass is 335 g/mol. The number of benzene rings is 1. The van der Waals surface area contributed by atoms with E-state index in [1.807, 2.05) is 6.92 Å². The average Bonchev–Trinajstić information content (AvgIpc) is 2.89. The first-order valence-electron chi connectivity index (χ1n) is 6.27. The third-order valence-corrected chi connectivity index (χ3v) is 6.57. The molecule has 1 atom stereocenters. The first kappa shape index (κ1) is 16.1. The van der Waals surface area contributed by atoms with Crippen LogP contribution in [0.3, 0.4) is 0 Å². The lowest BCUT2D eigenvalue weighted by Gasteiger charge is -2.26. The summed E-state index contributed by atoms with van der Waals surface area (Å²) in [7, 11) is -1.93. The Bertz CT molecular complexity index is 583. The number of halogens is 1. The lowest BCUT2D eigenvalue weighted by molar-refractivity contribution is 0.0179. The molecule has 0 aromatic heterocycles. The standard InChI is InChI=1S/C13H18ClNO3S2/c1-10-3-4-11(7-12(10)14)20(16,17)15-8-13(18-2)5-6-19-9-13/h3-4,7,15H,5-6,8-9H2,1-2H3. The second-order valence-corrected chi connectivity index (χ2v) is 8.20. The molecule has 4 nitrogen and oxygen atoms in total. The topological polar surface area (TPSA) is 55.4 Å². The van der Waals surface area contributed by atoms with Gasteiger partial charge in [0.1, 0.15) is 0 Å². The van der Waals surface area contributed by atoms with Crippen molar-refractivity contribution in [1.29, 1.82) is 0 Å². The lowest BCUT2D eigenvalue weighted by Crippen LogP contribution is -2.44. The molecule has 1 N–H and O–H groups in total. The number of methoxy groups -OCH3 is 1. The van der Waals surface area contributed by atoms with E-state index in [9.17, 15) is 8.42 Å². The number of hydrogen-bond acceptors (Lipinski definition) is 4. The van der Waals surface area contributed by atoms with Crippen molar-refractivity contribution >= 4 is 33.4 Å². The van der Waals surface area contributed by atoms with Crippen LogP contribution in [-0.4, -0.2) is 39.2 Å². The van der Waals surface area contributed by atoms with Crippen LogP contribution >= 0.6 is 23.4 Å². The summed E-state index contributed by atoms with van der Waals surface area (Å²) in [5.41, 5.74) is 0.456. The predicted octanol–water partition coefficient (Wildman–Crippen LogP) is 2.45. The van der Waals surface area contributed by atoms with Crippen molar-refractivity contribution in [1.82, 2.24) is 4.72 Å². The van der Waals surface area contributed by atoms with Crippen LogP contribution in [0.15, 0.2) is 23.1 Å². The fraction of sp³-hybridized carbons (Fsp3) is 0.538. The number of nitrogens with one attached hydrogen (secondary N) is 1. The van der Waals surface area contributed by atoms with Crippen molar-refractivity contribution in [2.75, 3.05) is 25.2 Å². The summed E-state index contributed by atoms with van der Waals surface area (Å²) in [6, 6.07) is 4.74. The van der Waals surface area contributed by atoms with E-state index >= 15 is 0 Å². The fourth-order valence-electron chi connectivity index (χ4n) is 2.01. The Kier molecular flexibility index (Phi) is 5.02. The van der Waals surface area contributed by atoms with Crippen LogP contribution in [0, 0.1) is 6.92 Å². The van der Waals surface area contributed by atoms with E-state index in [4.69, 9.17) is 16.3 Å². The minimum Gasteiger partial charge on any atom is -0.376 e. The Balaban J connectivity index is 2.13. The summed E-state index contributed by atoms with van der Waals surface area (Å²) < 4.78 is 32.7. The van der Waals surface area contributed by atoms with Gasteiger partial charge in [-0.05, 0) is 36.8 Å². The molecule has 0 amide bonds. The minimum absolute atomic E-state index is 0.185. The molecule has 1 aromatic rings. The molecule has 1 aromatic carbocycles. The molecule has 0 spiro atoms. The highest BCUT2D eigenvalue weighted by molar-refractivity contribution is 7.99. The van der Waals surface area contributed by atoms with Crippen molar-refractivity contribution in [2.24, 2.45) is 0 Å². The van der Waals surface area contributed by atoms with E-state index in [1.165, 1.54) is 6.07 Å². The molecule has 1 aliphatic heterocycles. The van der Waals surface area contributed by atoms with Crippen LogP contribution in [0.2, 0.25) is 5.02 Å². The predicted molar refractivity (Wildman–Crippen MR) is 83.1 cm³/mol. The summed E-state index contributed by atoms with van der Waals surface area (Å²) in [4.78, 5) is 0.185. The molecule has 2 rings (SSSR count). The smallest absolute Gasteiger partial charge is 0.240 e. The zero-order chi connectivity index (χ0) is 14.8. The van der Waals surface area contributed by atoms with Gasteiger partial charge in [0, 0.05) is 24.4 Å². The third kappa shape index (κ3) is 3.49. The number of ether oxygens (including phenoxy) is 1. The van der Waals surface area contributed by atoms with Crippen molar-refractivity contribution in [2.45, 2.75) is 23.8 Å². The molecule has 0 radical (unpaired) electrons. The van der Waals surface area contributed by atoms with Crippen LogP contribution < -0.4 is 4.72 Å². The van der Waals surface area contributed by atoms with E-state index in [0.717, 1.165) is 23.5 Å². The van der Waals surface area contributed by atoms with Crippen molar-refractivity contribution in [3.8, 4) is 0 Å². The first-order valence-corrected chi connectivity index (χ1v) is 9.29. The third-order valence-electron chi connectivity index (χ3n) is 3.54. The molecule has 1 unspecified atom stereocenters. The highest BCUT2D eigenvalue weighted by Gasteiger charge is 2.35. The molecule has 0 bridgehead atoms. The van der Waals surface area contributed by atoms with Gasteiger partial charge in [-0.15, -0.1) is 0 Å². The van der Waals surface area contributed by atoms with E-state index in [-0.39, 0.29) is 11.4 Å². The van der Waals surface area contributed by atoms with E-state index in [0.29, 0.717) is 5.02 Å². The molecule has 1 saturated heterocycles. The second-order valence-electron chi connectivity index (χ2n) is 4.93. The maximum absolute atomic E-state index is 12.3. The number of sulfonamides is 1. The molecule has 0 aliphatic carbocycles. The van der Waals surface area contributed by atoms with Crippen LogP contribution in [0.4, 0.5) is 0 Å². The first-order chi connectivity index (χ1) is 9.38. The summed E-state index contributed by atoms with van der Waals surface area (Å²) in [5.74, 6) is 1.80. The normalized spacial score (nSPS) is 23.1. The van der Waals surface area contributed by atoms with E-state index in [2.05, 4.69) is 4.72 Å². The Hall–Kier alpha value is -0.270. The van der Waals surface area contributed by atoms with Gasteiger partial charge in [-0.2, -0.15) is 11.8 Å². The molecular weight excluding hydrogens is 318 g/mol. The SMILES string of the molecule is COC1(CNS(=O)(=O)c2ccc(C)c(Cl)c2)CCSC1. The Morgan fingerprint density at radius 3 is 2.80 bits per heavy atom. The molecular formula is C13H18ClNO3S2. The van der Waals surface area contributed by atoms with Crippen molar-refractivity contribution < 1.29 is 13.2 Å². The van der Waals surface area contributed by atoms with Crippen LogP contribution in [0.1, 0.15) is 12.0 Å². The number of thioether (sulfide) groups is 1. The van der Waals surface area contributed by atoms with E-state index in [1.54, 1.807) is 31.0 Å². The van der Waals surface area contributed by atoms with Gasteiger partial charge in [0.05, 0.1) is 10.5 Å². The van der Waals surface area contributed by atoms with Crippen molar-refractivity contribution in [3.63, 3.8) is 0 Å². The number of aryl methyl sites for hydroxylation is 1. The van der Waals surface area contributed by atoms with Gasteiger partial charge in [-0.25, -0.2) is 13.1 Å². The second kappa shape index (κ2) is 6.23. The fourth-order valence-corrected chi connectivity index (χ4v) is 4.79. The quantitative estimate of drug-likeness (QED) is 0.898. The molecule has 1 heterocycles. The number of rotatable bonds is 5. The Morgan fingerprint density at radius 1 is 1.50 bits per heavy atom. The molecule has 0 saturated carbocycles. The van der Waals surface area contributed by atoms with Crippen LogP contribution in [-0.2, 0) is 14.8 Å². The molecule has 1 aliphatic rings. The van der Waals surface area contributed by atoms with Gasteiger partial charge in [-0.1, -0.05) is 17.7 Å². The van der Waals surface area contributed by atoms with Gasteiger partial charge in [0.25, 0.3) is 0 Å². The lowest BCUT2D eigenvalue weighted by atomic mass is 10.0. The summed E-state index contributed by atoms with van der Waals surface area (Å²) in [6.45, 7) is 2.12. The van der Waals surface area contributed by atoms with Crippen LogP contribution in [0.5, 0.6) is 0 Å². The van der Waals surface area contributed by atoms with Gasteiger partial charge in [0.15, 0.2) is 0 Å². The Morgan fingerprint density at radius 2 is 2.25 bits per heavy atom. The summed E-state index contributed by atoms with van der Waals surface area (Å²) >= 11 is 7.76. The average molecular weight is 336 g/mol. The van der Waals surface area contributed by atoms with Gasteiger partial charge < -0.3 is 4.74 Å². The zero-order valence-electron chi connectivity index (χ0n) is 11.5.